The molecule has 0 unspecified atom stereocenters. The number of hydrogen-bond donors (Lipinski definition) is 1. The van der Waals surface area contributed by atoms with Crippen LogP contribution in [0.2, 0.25) is 0 Å². The molecule has 1 N–H and O–H groups in total. The fraction of sp³-hybridized carbons (Fsp3) is 0.133. The Labute approximate surface area is 135 Å². The van der Waals surface area contributed by atoms with Gasteiger partial charge in [-0.15, -0.1) is 11.8 Å². The van der Waals surface area contributed by atoms with Crippen LogP contribution in [0.4, 0.5) is 0 Å². The third-order valence-electron chi connectivity index (χ3n) is 2.53. The zero-order chi connectivity index (χ0) is 14.5. The smallest absolute Gasteiger partial charge is 0.337 e. The van der Waals surface area contributed by atoms with Crippen LogP contribution in [0.25, 0.3) is 0 Å². The van der Waals surface area contributed by atoms with Gasteiger partial charge in [-0.25, -0.2) is 4.79 Å². The maximum absolute atomic E-state index is 11.5. The van der Waals surface area contributed by atoms with Gasteiger partial charge in [0, 0.05) is 19.2 Å². The number of benzene rings is 2. The van der Waals surface area contributed by atoms with E-state index >= 15 is 0 Å². The third kappa shape index (κ3) is 3.81. The molecule has 0 atom stereocenters. The summed E-state index contributed by atoms with van der Waals surface area (Å²) >= 11 is 6.46. The predicted octanol–water partition coefficient (Wildman–Crippen LogP) is 5.41. The van der Waals surface area contributed by atoms with Crippen molar-refractivity contribution < 1.29 is 9.90 Å². The molecule has 5 heteroatoms. The average Bonchev–Trinajstić information content (AvgIpc) is 2.39. The molecule has 0 saturated carbocycles. The predicted molar refractivity (Wildman–Crippen MR) is 88.1 cm³/mol. The topological polar surface area (TPSA) is 37.3 Å². The lowest BCUT2D eigenvalue weighted by Crippen LogP contribution is -2.01. The van der Waals surface area contributed by atoms with Crippen LogP contribution in [-0.4, -0.2) is 16.8 Å². The average molecular weight is 369 g/mol. The Morgan fingerprint density at radius 2 is 1.90 bits per heavy atom. The Kier molecular flexibility index (Phi) is 5.57. The van der Waals surface area contributed by atoms with Crippen LogP contribution in [0.5, 0.6) is 0 Å². The van der Waals surface area contributed by atoms with Crippen molar-refractivity contribution in [1.29, 1.82) is 0 Å². The summed E-state index contributed by atoms with van der Waals surface area (Å²) in [5, 5.41) is 9.47. The first-order valence-corrected chi connectivity index (χ1v) is 8.64. The molecule has 0 aliphatic rings. The lowest BCUT2D eigenvalue weighted by atomic mass is 10.2. The van der Waals surface area contributed by atoms with Gasteiger partial charge >= 0.3 is 5.97 Å². The van der Waals surface area contributed by atoms with Gasteiger partial charge < -0.3 is 5.11 Å². The van der Waals surface area contributed by atoms with E-state index in [0.29, 0.717) is 5.56 Å². The highest BCUT2D eigenvalue weighted by atomic mass is 79.9. The Hall–Kier alpha value is -0.910. The van der Waals surface area contributed by atoms with E-state index < -0.39 is 5.97 Å². The van der Waals surface area contributed by atoms with Crippen molar-refractivity contribution in [3.63, 3.8) is 0 Å². The number of carbonyl (C=O) groups is 1. The van der Waals surface area contributed by atoms with E-state index in [1.165, 1.54) is 11.8 Å². The first kappa shape index (κ1) is 15.5. The molecule has 0 aliphatic carbocycles. The van der Waals surface area contributed by atoms with Crippen molar-refractivity contribution in [3.05, 3.63) is 52.5 Å². The monoisotopic (exact) mass is 368 g/mol. The van der Waals surface area contributed by atoms with Gasteiger partial charge in [0.2, 0.25) is 0 Å². The molecular weight excluding hydrogens is 356 g/mol. The number of thioether (sulfide) groups is 1. The zero-order valence-electron chi connectivity index (χ0n) is 10.8. The first-order valence-electron chi connectivity index (χ1n) is 6.04. The van der Waals surface area contributed by atoms with Crippen molar-refractivity contribution in [2.75, 3.05) is 5.75 Å². The molecule has 0 heterocycles. The van der Waals surface area contributed by atoms with E-state index in [-0.39, 0.29) is 0 Å². The lowest BCUT2D eigenvalue weighted by molar-refractivity contribution is 0.0689. The van der Waals surface area contributed by atoms with Crippen LogP contribution in [0.3, 0.4) is 0 Å². The highest BCUT2D eigenvalue weighted by Crippen LogP contribution is 2.36. The second-order valence-electron chi connectivity index (χ2n) is 3.93. The van der Waals surface area contributed by atoms with E-state index in [4.69, 9.17) is 0 Å². The second kappa shape index (κ2) is 7.20. The number of carboxylic acid groups (broad SMARTS) is 1. The molecular formula is C15H13BrO2S2. The second-order valence-corrected chi connectivity index (χ2v) is 7.26. The largest absolute Gasteiger partial charge is 0.478 e. The minimum atomic E-state index is -0.876. The normalized spacial score (nSPS) is 10.5. The molecule has 2 rings (SSSR count). The van der Waals surface area contributed by atoms with E-state index in [0.717, 1.165) is 24.9 Å². The first-order chi connectivity index (χ1) is 9.61. The summed E-state index contributed by atoms with van der Waals surface area (Å²) in [7, 11) is 0. The van der Waals surface area contributed by atoms with Gasteiger partial charge in [0.25, 0.3) is 0 Å². The van der Waals surface area contributed by atoms with Crippen molar-refractivity contribution in [1.82, 2.24) is 0 Å². The van der Waals surface area contributed by atoms with Gasteiger partial charge in [-0.3, -0.25) is 0 Å². The zero-order valence-corrected chi connectivity index (χ0v) is 14.0. The Morgan fingerprint density at radius 1 is 1.20 bits per heavy atom. The quantitative estimate of drug-likeness (QED) is 0.715. The Morgan fingerprint density at radius 3 is 2.55 bits per heavy atom. The summed E-state index contributed by atoms with van der Waals surface area (Å²) < 4.78 is 0.985. The minimum absolute atomic E-state index is 0.393. The molecule has 0 bridgehead atoms. The van der Waals surface area contributed by atoms with Gasteiger partial charge in [0.1, 0.15) is 0 Å². The van der Waals surface area contributed by atoms with Gasteiger partial charge in [0.05, 0.1) is 5.56 Å². The Balaban J connectivity index is 2.40. The number of aromatic carboxylic acids is 1. The number of carboxylic acids is 1. The molecule has 0 amide bonds. The summed E-state index contributed by atoms with van der Waals surface area (Å²) in [6, 6.07) is 13.5. The molecule has 0 spiro atoms. The maximum atomic E-state index is 11.5. The molecule has 0 aliphatic heterocycles. The van der Waals surface area contributed by atoms with Crippen LogP contribution >= 0.6 is 39.5 Å². The molecule has 20 heavy (non-hydrogen) atoms. The van der Waals surface area contributed by atoms with Crippen molar-refractivity contribution in [3.8, 4) is 0 Å². The number of hydrogen-bond acceptors (Lipinski definition) is 3. The van der Waals surface area contributed by atoms with Gasteiger partial charge in [-0.1, -0.05) is 46.7 Å². The molecule has 104 valence electrons. The van der Waals surface area contributed by atoms with Gasteiger partial charge in [0.15, 0.2) is 0 Å². The highest BCUT2D eigenvalue weighted by molar-refractivity contribution is 9.10. The molecule has 2 aromatic carbocycles. The maximum Gasteiger partial charge on any atom is 0.337 e. The molecule has 0 radical (unpaired) electrons. The highest BCUT2D eigenvalue weighted by Gasteiger charge is 2.16. The van der Waals surface area contributed by atoms with E-state index in [1.54, 1.807) is 11.8 Å². The Bertz CT molecular complexity index is 629. The SMILES string of the molecule is CCSc1cccc(Sc2cccc(Br)c2)c1C(=O)O. The van der Waals surface area contributed by atoms with Crippen LogP contribution < -0.4 is 0 Å². The summed E-state index contributed by atoms with van der Waals surface area (Å²) in [6.45, 7) is 2.02. The summed E-state index contributed by atoms with van der Waals surface area (Å²) in [5.41, 5.74) is 0.393. The van der Waals surface area contributed by atoms with E-state index in [2.05, 4.69) is 15.9 Å². The number of halogens is 1. The summed E-state index contributed by atoms with van der Waals surface area (Å²) in [4.78, 5) is 14.1. The fourth-order valence-electron chi connectivity index (χ4n) is 1.74. The third-order valence-corrected chi connectivity index (χ3v) is 5.01. The van der Waals surface area contributed by atoms with Gasteiger partial charge in [-0.2, -0.15) is 0 Å². The van der Waals surface area contributed by atoms with Crippen LogP contribution in [-0.2, 0) is 0 Å². The van der Waals surface area contributed by atoms with Crippen LogP contribution in [0, 0.1) is 0 Å². The molecule has 0 aromatic heterocycles. The number of rotatable bonds is 5. The van der Waals surface area contributed by atoms with Crippen LogP contribution in [0.15, 0.2) is 61.6 Å². The summed E-state index contributed by atoms with van der Waals surface area (Å²) in [5.74, 6) is -0.0234. The van der Waals surface area contributed by atoms with Crippen molar-refractivity contribution in [2.24, 2.45) is 0 Å². The van der Waals surface area contributed by atoms with Crippen molar-refractivity contribution >= 4 is 45.4 Å². The van der Waals surface area contributed by atoms with E-state index in [9.17, 15) is 9.90 Å². The van der Waals surface area contributed by atoms with Crippen molar-refractivity contribution in [2.45, 2.75) is 21.6 Å². The molecule has 2 aromatic rings. The van der Waals surface area contributed by atoms with Gasteiger partial charge in [-0.05, 0) is 36.1 Å². The molecule has 0 fully saturated rings. The van der Waals surface area contributed by atoms with E-state index in [1.807, 2.05) is 49.4 Å². The molecule has 2 nitrogen and oxygen atoms in total. The van der Waals surface area contributed by atoms with Crippen LogP contribution in [0.1, 0.15) is 17.3 Å². The lowest BCUT2D eigenvalue weighted by Gasteiger charge is -2.10. The fourth-order valence-corrected chi connectivity index (χ4v) is 4.22. The molecule has 0 saturated heterocycles. The standard InChI is InChI=1S/C15H13BrO2S2/c1-2-19-12-7-4-8-13(14(12)15(17)18)20-11-6-3-5-10(16)9-11/h3-9H,2H2,1H3,(H,17,18). The summed E-state index contributed by atoms with van der Waals surface area (Å²) in [6.07, 6.45) is 0. The minimum Gasteiger partial charge on any atom is -0.478 e.